The average Bonchev–Trinajstić information content (AvgIpc) is 2.87. The molecule has 1 aromatic rings. The normalized spacial score (nSPS) is 18.4. The maximum atomic E-state index is 13.1. The lowest BCUT2D eigenvalue weighted by molar-refractivity contribution is -0.137. The van der Waals surface area contributed by atoms with E-state index in [1.165, 1.54) is 31.5 Å². The Morgan fingerprint density at radius 3 is 2.84 bits per heavy atom. The van der Waals surface area contributed by atoms with Gasteiger partial charge in [-0.2, -0.15) is 5.17 Å². The molecule has 0 fully saturated rings. The number of pyridine rings is 1. The number of nitrogens with two attached hydrogens (primary N) is 2. The number of ketones is 2. The number of amidine groups is 1. The zero-order chi connectivity index (χ0) is 22.7. The Kier molecular flexibility index (Phi) is 6.16. The molecule has 11 heteroatoms. The number of carboxylic acids is 1. The summed E-state index contributed by atoms with van der Waals surface area (Å²) in [6.45, 7) is 0. The van der Waals surface area contributed by atoms with Crippen molar-refractivity contribution in [2.75, 3.05) is 7.11 Å². The number of nitrogen functional groups attached to an aromatic ring is 1. The molecule has 1 unspecified atom stereocenters. The van der Waals surface area contributed by atoms with E-state index >= 15 is 0 Å². The number of nitrogens with zero attached hydrogens (tertiary/aromatic N) is 2. The van der Waals surface area contributed by atoms with Crippen LogP contribution < -0.4 is 16.9 Å². The van der Waals surface area contributed by atoms with Crippen molar-refractivity contribution in [3.05, 3.63) is 64.4 Å². The summed E-state index contributed by atoms with van der Waals surface area (Å²) in [6, 6.07) is 2.89. The maximum Gasteiger partial charge on any atom is 0.303 e. The molecule has 7 N–H and O–H groups in total. The van der Waals surface area contributed by atoms with E-state index in [9.17, 15) is 14.4 Å². The molecule has 31 heavy (non-hydrogen) atoms. The average molecular weight is 426 g/mol. The van der Waals surface area contributed by atoms with Gasteiger partial charge < -0.3 is 16.6 Å². The van der Waals surface area contributed by atoms with Crippen LogP contribution in [0.15, 0.2) is 53.1 Å². The van der Waals surface area contributed by atoms with Gasteiger partial charge in [-0.05, 0) is 30.7 Å². The third-order valence-corrected chi connectivity index (χ3v) is 4.89. The first-order valence-corrected chi connectivity index (χ1v) is 9.34. The number of carboxylic acid groups (broad SMARTS) is 1. The third kappa shape index (κ3) is 4.61. The van der Waals surface area contributed by atoms with E-state index in [4.69, 9.17) is 26.8 Å². The van der Waals surface area contributed by atoms with Gasteiger partial charge in [0, 0.05) is 41.7 Å². The van der Waals surface area contributed by atoms with Gasteiger partial charge in [-0.3, -0.25) is 35.0 Å². The quantitative estimate of drug-likeness (QED) is 0.232. The van der Waals surface area contributed by atoms with Crippen molar-refractivity contribution < 1.29 is 24.3 Å². The molecule has 162 valence electrons. The monoisotopic (exact) mass is 426 g/mol. The Balaban J connectivity index is 2.04. The second-order valence-corrected chi connectivity index (χ2v) is 6.99. The molecule has 11 nitrogen and oxygen atoms in total. The van der Waals surface area contributed by atoms with Gasteiger partial charge in [-0.1, -0.05) is 0 Å². The lowest BCUT2D eigenvalue weighted by atomic mass is 9.82. The second-order valence-electron chi connectivity index (χ2n) is 6.99. The van der Waals surface area contributed by atoms with Crippen molar-refractivity contribution in [3.63, 3.8) is 0 Å². The number of aromatic nitrogens is 1. The molecule has 2 aliphatic rings. The Bertz CT molecular complexity index is 1060. The summed E-state index contributed by atoms with van der Waals surface area (Å²) in [5, 5.41) is 17.7. The van der Waals surface area contributed by atoms with Crippen molar-refractivity contribution in [2.45, 2.75) is 19.3 Å². The predicted octanol–water partition coefficient (Wildman–Crippen LogP) is 0.364. The van der Waals surface area contributed by atoms with Crippen LogP contribution in [-0.4, -0.2) is 45.7 Å². The van der Waals surface area contributed by atoms with Gasteiger partial charge in [-0.15, -0.1) is 0 Å². The van der Waals surface area contributed by atoms with E-state index < -0.39 is 17.7 Å². The molecule has 3 rings (SSSR count). The van der Waals surface area contributed by atoms with Gasteiger partial charge >= 0.3 is 5.97 Å². The smallest absolute Gasteiger partial charge is 0.303 e. The highest BCUT2D eigenvalue weighted by Gasteiger charge is 2.34. The zero-order valence-corrected chi connectivity index (χ0v) is 16.7. The number of carbonyl (C=O) groups is 3. The van der Waals surface area contributed by atoms with Crippen LogP contribution in [0.25, 0.3) is 0 Å². The molecule has 1 aliphatic carbocycles. The highest BCUT2D eigenvalue weighted by molar-refractivity contribution is 6.14. The minimum atomic E-state index is -0.999. The molecule has 0 bridgehead atoms. The molecule has 0 saturated heterocycles. The third-order valence-electron chi connectivity index (χ3n) is 4.89. The molecule has 1 atom stereocenters. The molecule has 1 aromatic heterocycles. The highest BCUT2D eigenvalue weighted by Crippen LogP contribution is 2.34. The summed E-state index contributed by atoms with van der Waals surface area (Å²) in [5.41, 5.74) is 15.3. The first-order valence-electron chi connectivity index (χ1n) is 9.34. The van der Waals surface area contributed by atoms with Gasteiger partial charge in [0.15, 0.2) is 5.78 Å². The van der Waals surface area contributed by atoms with Crippen molar-refractivity contribution in [3.8, 4) is 0 Å². The molecular weight excluding hydrogens is 404 g/mol. The Morgan fingerprint density at radius 1 is 1.45 bits per heavy atom. The number of Topliss-reactive ketones (excluding diaryl/α,β-unsaturated/α-hetero) is 2. The van der Waals surface area contributed by atoms with Crippen LogP contribution in [0.2, 0.25) is 0 Å². The number of rotatable bonds is 7. The molecule has 0 aromatic carbocycles. The van der Waals surface area contributed by atoms with Crippen molar-refractivity contribution in [2.24, 2.45) is 17.4 Å². The van der Waals surface area contributed by atoms with Crippen molar-refractivity contribution in [1.82, 2.24) is 15.6 Å². The van der Waals surface area contributed by atoms with Crippen molar-refractivity contribution in [1.29, 1.82) is 5.41 Å². The summed E-state index contributed by atoms with van der Waals surface area (Å²) in [4.78, 5) is 46.5. The lowest BCUT2D eigenvalue weighted by Gasteiger charge is -2.28. The number of hydrogen-bond acceptors (Lipinski definition) is 9. The molecule has 0 saturated carbocycles. The second kappa shape index (κ2) is 8.79. The first-order chi connectivity index (χ1) is 14.7. The van der Waals surface area contributed by atoms with Gasteiger partial charge in [0.05, 0.1) is 12.8 Å². The summed E-state index contributed by atoms with van der Waals surface area (Å²) >= 11 is 0. The minimum absolute atomic E-state index is 0.0430. The molecule has 0 amide bonds. The van der Waals surface area contributed by atoms with Crippen LogP contribution in [0.3, 0.4) is 0 Å². The summed E-state index contributed by atoms with van der Waals surface area (Å²) in [7, 11) is 1.36. The minimum Gasteiger partial charge on any atom is -0.481 e. The molecule has 1 aliphatic heterocycles. The first kappa shape index (κ1) is 21.7. The Morgan fingerprint density at radius 2 is 2.19 bits per heavy atom. The van der Waals surface area contributed by atoms with E-state index in [0.717, 1.165) is 5.17 Å². The number of nitrogens with one attached hydrogen (secondary N) is 2. The van der Waals surface area contributed by atoms with E-state index in [-0.39, 0.29) is 53.7 Å². The summed E-state index contributed by atoms with van der Waals surface area (Å²) < 4.78 is 0. The number of hydrogen-bond donors (Lipinski definition) is 5. The van der Waals surface area contributed by atoms with Crippen LogP contribution in [0.1, 0.15) is 35.3 Å². The van der Waals surface area contributed by atoms with E-state index in [1.54, 1.807) is 6.08 Å². The number of hydrazine groups is 1. The maximum absolute atomic E-state index is 13.1. The van der Waals surface area contributed by atoms with Gasteiger partial charge in [0.2, 0.25) is 5.78 Å². The molecule has 2 heterocycles. The number of allylic oxidation sites excluding steroid dienone is 4. The highest BCUT2D eigenvalue weighted by atomic mass is 16.7. The number of hydroxylamine groups is 1. The van der Waals surface area contributed by atoms with E-state index in [1.807, 2.05) is 0 Å². The lowest BCUT2D eigenvalue weighted by Crippen LogP contribution is -2.38. The van der Waals surface area contributed by atoms with E-state index in [2.05, 4.69) is 10.4 Å². The van der Waals surface area contributed by atoms with Gasteiger partial charge in [-0.25, -0.2) is 0 Å². The SMILES string of the molecule is CON1NC(N)=CC(CCC(=O)O)C2=C1C=C(C(=O)c1cc(C(=N)N)ccn1)CC2=O. The summed E-state index contributed by atoms with van der Waals surface area (Å²) in [5.74, 6) is -2.45. The Labute approximate surface area is 177 Å². The fourth-order valence-corrected chi connectivity index (χ4v) is 3.47. The number of carbonyl (C=O) groups excluding carboxylic acids is 2. The zero-order valence-electron chi connectivity index (χ0n) is 16.7. The van der Waals surface area contributed by atoms with Crippen LogP contribution in [0, 0.1) is 11.3 Å². The van der Waals surface area contributed by atoms with Crippen LogP contribution in [0.5, 0.6) is 0 Å². The topological polar surface area (TPSA) is 185 Å². The van der Waals surface area contributed by atoms with Gasteiger partial charge in [0.25, 0.3) is 0 Å². The molecule has 0 spiro atoms. The fourth-order valence-electron chi connectivity index (χ4n) is 3.47. The summed E-state index contributed by atoms with van der Waals surface area (Å²) in [6.07, 6.45) is 4.22. The molecule has 0 radical (unpaired) electrons. The standard InChI is InChI=1S/C20H22N6O5/c1-31-26-14-7-12(19(30)13-6-11(20(22)23)4-5-24-13)8-15(27)18(14)10(2-3-17(28)29)9-16(21)25-26/h4-7,9-10,25H,2-3,8,21H2,1H3,(H3,22,23)(H,28,29). The largest absolute Gasteiger partial charge is 0.481 e. The van der Waals surface area contributed by atoms with Crippen LogP contribution >= 0.6 is 0 Å². The van der Waals surface area contributed by atoms with Crippen LogP contribution in [-0.2, 0) is 14.4 Å². The van der Waals surface area contributed by atoms with Crippen molar-refractivity contribution >= 4 is 23.4 Å². The van der Waals surface area contributed by atoms with Gasteiger partial charge in [0.1, 0.15) is 17.4 Å². The predicted molar refractivity (Wildman–Crippen MR) is 109 cm³/mol. The fraction of sp³-hybridized carbons (Fsp3) is 0.250. The molecular formula is C20H22N6O5. The number of aliphatic carboxylic acids is 1. The van der Waals surface area contributed by atoms with E-state index in [0.29, 0.717) is 11.1 Å². The Hall–Kier alpha value is -3.99. The van der Waals surface area contributed by atoms with Crippen LogP contribution in [0.4, 0.5) is 0 Å².